The van der Waals surface area contributed by atoms with Crippen LogP contribution in [0, 0.1) is 6.92 Å². The summed E-state index contributed by atoms with van der Waals surface area (Å²) in [6.07, 6.45) is 0.915. The summed E-state index contributed by atoms with van der Waals surface area (Å²) in [5, 5.41) is 2.68. The van der Waals surface area contributed by atoms with Crippen molar-refractivity contribution in [2.45, 2.75) is 20.3 Å². The number of hydrogen-bond donors (Lipinski definition) is 0. The van der Waals surface area contributed by atoms with Crippen molar-refractivity contribution in [3.8, 4) is 5.75 Å². The Hall–Kier alpha value is -1.68. The van der Waals surface area contributed by atoms with Gasteiger partial charge < -0.3 is 4.74 Å². The highest BCUT2D eigenvalue weighted by molar-refractivity contribution is 7.09. The van der Waals surface area contributed by atoms with Gasteiger partial charge in [-0.25, -0.2) is 4.98 Å². The number of hydrogen-bond acceptors (Lipinski definition) is 4. The average Bonchev–Trinajstić information content (AvgIpc) is 2.82. The molecule has 0 radical (unpaired) electrons. The first-order valence-electron chi connectivity index (χ1n) is 5.91. The number of aromatic nitrogens is 1. The predicted octanol–water partition coefficient (Wildman–Crippen LogP) is 3.47. The molecule has 0 amide bonds. The van der Waals surface area contributed by atoms with Gasteiger partial charge >= 0.3 is 0 Å². The van der Waals surface area contributed by atoms with E-state index in [9.17, 15) is 4.79 Å². The molecule has 0 fully saturated rings. The van der Waals surface area contributed by atoms with Crippen LogP contribution < -0.4 is 4.74 Å². The summed E-state index contributed by atoms with van der Waals surface area (Å²) in [6.45, 7) is 4.54. The van der Waals surface area contributed by atoms with Crippen LogP contribution in [-0.4, -0.2) is 17.4 Å². The van der Waals surface area contributed by atoms with Gasteiger partial charge in [-0.2, -0.15) is 0 Å². The Morgan fingerprint density at radius 2 is 2.17 bits per heavy atom. The van der Waals surface area contributed by atoms with E-state index in [4.69, 9.17) is 4.74 Å². The highest BCUT2D eigenvalue weighted by Crippen LogP contribution is 2.22. The predicted molar refractivity (Wildman–Crippen MR) is 72.5 cm³/mol. The molecular formula is C14H15NO2S. The highest BCUT2D eigenvalue weighted by atomic mass is 32.1. The van der Waals surface area contributed by atoms with Gasteiger partial charge in [0.1, 0.15) is 11.4 Å². The van der Waals surface area contributed by atoms with Crippen LogP contribution in [-0.2, 0) is 0 Å². The molecule has 18 heavy (non-hydrogen) atoms. The van der Waals surface area contributed by atoms with E-state index < -0.39 is 0 Å². The Balaban J connectivity index is 2.29. The first kappa shape index (κ1) is 12.8. The lowest BCUT2D eigenvalue weighted by Crippen LogP contribution is -2.06. The van der Waals surface area contributed by atoms with Crippen LogP contribution in [0.1, 0.15) is 34.4 Å². The molecule has 2 rings (SSSR count). The van der Waals surface area contributed by atoms with E-state index in [1.165, 1.54) is 11.3 Å². The van der Waals surface area contributed by atoms with E-state index in [0.29, 0.717) is 23.6 Å². The minimum Gasteiger partial charge on any atom is -0.493 e. The second-order valence-corrected chi connectivity index (χ2v) is 4.99. The van der Waals surface area contributed by atoms with Crippen molar-refractivity contribution >= 4 is 17.1 Å². The fourth-order valence-electron chi connectivity index (χ4n) is 1.60. The summed E-state index contributed by atoms with van der Waals surface area (Å²) in [6, 6.07) is 7.31. The third-order valence-corrected chi connectivity index (χ3v) is 3.22. The Morgan fingerprint density at radius 1 is 1.39 bits per heavy atom. The molecule has 1 aromatic carbocycles. The third kappa shape index (κ3) is 2.76. The molecule has 3 nitrogen and oxygen atoms in total. The number of benzene rings is 1. The maximum absolute atomic E-state index is 12.3. The lowest BCUT2D eigenvalue weighted by Gasteiger charge is -2.08. The lowest BCUT2D eigenvalue weighted by molar-refractivity contribution is 0.103. The monoisotopic (exact) mass is 261 g/mol. The molecule has 0 saturated carbocycles. The van der Waals surface area contributed by atoms with Crippen molar-refractivity contribution in [2.24, 2.45) is 0 Å². The second kappa shape index (κ2) is 5.78. The van der Waals surface area contributed by atoms with E-state index in [0.717, 1.165) is 11.4 Å². The molecule has 0 aliphatic heterocycles. The van der Waals surface area contributed by atoms with Crippen molar-refractivity contribution in [1.29, 1.82) is 0 Å². The van der Waals surface area contributed by atoms with Gasteiger partial charge in [-0.05, 0) is 25.5 Å². The van der Waals surface area contributed by atoms with E-state index >= 15 is 0 Å². The zero-order valence-corrected chi connectivity index (χ0v) is 11.3. The van der Waals surface area contributed by atoms with Gasteiger partial charge in [-0.15, -0.1) is 11.3 Å². The van der Waals surface area contributed by atoms with Crippen LogP contribution in [0.5, 0.6) is 5.75 Å². The molecule has 1 aromatic heterocycles. The zero-order valence-electron chi connectivity index (χ0n) is 10.5. The minimum absolute atomic E-state index is 0.0777. The van der Waals surface area contributed by atoms with Crippen molar-refractivity contribution in [2.75, 3.05) is 6.61 Å². The lowest BCUT2D eigenvalue weighted by atomic mass is 10.1. The fourth-order valence-corrected chi connectivity index (χ4v) is 2.19. The van der Waals surface area contributed by atoms with E-state index in [-0.39, 0.29) is 5.78 Å². The van der Waals surface area contributed by atoms with Crippen molar-refractivity contribution < 1.29 is 9.53 Å². The summed E-state index contributed by atoms with van der Waals surface area (Å²) < 4.78 is 5.59. The van der Waals surface area contributed by atoms with Crippen LogP contribution in [0.15, 0.2) is 29.6 Å². The van der Waals surface area contributed by atoms with E-state index in [1.54, 1.807) is 11.4 Å². The first-order valence-corrected chi connectivity index (χ1v) is 6.79. The molecular weight excluding hydrogens is 246 g/mol. The summed E-state index contributed by atoms with van der Waals surface area (Å²) in [7, 11) is 0. The minimum atomic E-state index is -0.0777. The van der Waals surface area contributed by atoms with Crippen molar-refractivity contribution in [3.05, 3.63) is 45.9 Å². The van der Waals surface area contributed by atoms with Gasteiger partial charge in [0.25, 0.3) is 0 Å². The van der Waals surface area contributed by atoms with Gasteiger partial charge in [-0.3, -0.25) is 4.79 Å². The van der Waals surface area contributed by atoms with Gasteiger partial charge in [0.05, 0.1) is 17.2 Å². The maximum atomic E-state index is 12.3. The van der Waals surface area contributed by atoms with Crippen LogP contribution in [0.4, 0.5) is 0 Å². The maximum Gasteiger partial charge on any atom is 0.215 e. The van der Waals surface area contributed by atoms with Crippen LogP contribution in [0.3, 0.4) is 0 Å². The largest absolute Gasteiger partial charge is 0.493 e. The third-order valence-electron chi connectivity index (χ3n) is 2.45. The molecule has 0 aliphatic carbocycles. The second-order valence-electron chi connectivity index (χ2n) is 3.93. The molecule has 94 valence electrons. The smallest absolute Gasteiger partial charge is 0.215 e. The molecule has 0 saturated heterocycles. The molecule has 4 heteroatoms. The molecule has 0 aliphatic rings. The number of carbonyl (C=O) groups excluding carboxylic acids is 1. The summed E-state index contributed by atoms with van der Waals surface area (Å²) >= 11 is 1.48. The molecule has 0 unspecified atom stereocenters. The number of ketones is 1. The van der Waals surface area contributed by atoms with Crippen LogP contribution >= 0.6 is 11.3 Å². The van der Waals surface area contributed by atoms with Crippen LogP contribution in [0.2, 0.25) is 0 Å². The van der Waals surface area contributed by atoms with Gasteiger partial charge in [0.15, 0.2) is 0 Å². The number of para-hydroxylation sites is 1. The average molecular weight is 261 g/mol. The Bertz CT molecular complexity index is 548. The Labute approximate surface area is 110 Å². The fraction of sp³-hybridized carbons (Fsp3) is 0.286. The molecule has 1 heterocycles. The molecule has 0 atom stereocenters. The zero-order chi connectivity index (χ0) is 13.0. The highest BCUT2D eigenvalue weighted by Gasteiger charge is 2.16. The van der Waals surface area contributed by atoms with Gasteiger partial charge in [-0.1, -0.05) is 19.1 Å². The molecule has 0 spiro atoms. The Kier molecular flexibility index (Phi) is 4.10. The topological polar surface area (TPSA) is 39.2 Å². The summed E-state index contributed by atoms with van der Waals surface area (Å²) in [4.78, 5) is 16.5. The van der Waals surface area contributed by atoms with E-state index in [2.05, 4.69) is 4.98 Å². The number of thiazole rings is 1. The van der Waals surface area contributed by atoms with Crippen LogP contribution in [0.25, 0.3) is 0 Å². The number of ether oxygens (including phenoxy) is 1. The number of rotatable bonds is 5. The van der Waals surface area contributed by atoms with Crippen molar-refractivity contribution in [1.82, 2.24) is 4.98 Å². The number of carbonyl (C=O) groups is 1. The van der Waals surface area contributed by atoms with Crippen molar-refractivity contribution in [3.63, 3.8) is 0 Å². The SMILES string of the molecule is CCCOc1ccccc1C(=O)c1csc(C)n1. The van der Waals surface area contributed by atoms with E-state index in [1.807, 2.05) is 32.0 Å². The number of nitrogens with zero attached hydrogens (tertiary/aromatic N) is 1. The van der Waals surface area contributed by atoms with Gasteiger partial charge in [0, 0.05) is 5.38 Å². The number of aryl methyl sites for hydroxylation is 1. The molecule has 0 bridgehead atoms. The first-order chi connectivity index (χ1) is 8.72. The normalized spacial score (nSPS) is 10.3. The Morgan fingerprint density at radius 3 is 2.83 bits per heavy atom. The van der Waals surface area contributed by atoms with Gasteiger partial charge in [0.2, 0.25) is 5.78 Å². The molecule has 0 N–H and O–H groups in total. The molecule has 2 aromatic rings. The summed E-state index contributed by atoms with van der Waals surface area (Å²) in [5.41, 5.74) is 1.07. The summed E-state index contributed by atoms with van der Waals surface area (Å²) in [5.74, 6) is 0.557. The standard InChI is InChI=1S/C14H15NO2S/c1-3-8-17-13-7-5-4-6-11(13)14(16)12-9-18-10(2)15-12/h4-7,9H,3,8H2,1-2H3. The quantitative estimate of drug-likeness (QED) is 0.774.